The number of hydrogen-bond acceptors (Lipinski definition) is 1. The summed E-state index contributed by atoms with van der Waals surface area (Å²) in [6.45, 7) is 5.26. The average molecular weight is 200 g/mol. The Morgan fingerprint density at radius 3 is 2.20 bits per heavy atom. The zero-order chi connectivity index (χ0) is 11.1. The minimum atomic E-state index is 0.0956. The normalized spacial score (nSPS) is 10.5. The van der Waals surface area contributed by atoms with Gasteiger partial charge in [-0.3, -0.25) is 4.79 Å². The van der Waals surface area contributed by atoms with Crippen LogP contribution in [0.2, 0.25) is 0 Å². The zero-order valence-electron chi connectivity index (χ0n) is 9.07. The maximum atomic E-state index is 10.7. The molecule has 0 saturated carbocycles. The fourth-order valence-electron chi connectivity index (χ4n) is 1.34. The fourth-order valence-corrected chi connectivity index (χ4v) is 1.34. The van der Waals surface area contributed by atoms with E-state index < -0.39 is 0 Å². The van der Waals surface area contributed by atoms with Crippen molar-refractivity contribution in [3.8, 4) is 0 Å². The number of rotatable bonds is 5. The Labute approximate surface area is 91.1 Å². The maximum absolute atomic E-state index is 10.7. The smallest absolute Gasteiger partial charge is 0.152 e. The molecule has 0 spiro atoms. The molecule has 0 fully saturated rings. The van der Waals surface area contributed by atoms with Gasteiger partial charge in [-0.15, -0.1) is 6.58 Å². The van der Waals surface area contributed by atoms with Crippen LogP contribution < -0.4 is 0 Å². The van der Waals surface area contributed by atoms with Crippen molar-refractivity contribution < 1.29 is 4.79 Å². The van der Waals surface area contributed by atoms with Crippen LogP contribution in [0.1, 0.15) is 18.1 Å². The van der Waals surface area contributed by atoms with Crippen LogP contribution in [-0.2, 0) is 17.6 Å². The number of ketones is 1. The molecule has 0 saturated heterocycles. The van der Waals surface area contributed by atoms with Gasteiger partial charge in [0.15, 0.2) is 5.78 Å². The number of hydrogen-bond donors (Lipinski definition) is 0. The molecule has 0 radical (unpaired) electrons. The third-order valence-corrected chi connectivity index (χ3v) is 2.11. The standard InChI is InChI=1S/C14H16O/c1-3-5-13-8-10-14(11-9-13)7-4-6-12(2)15/h3-4,6,8-11H,1,5,7H2,2H3. The van der Waals surface area contributed by atoms with Crippen molar-refractivity contribution in [3.63, 3.8) is 0 Å². The SMILES string of the molecule is C=CCc1ccc(CC=CC(C)=O)cc1. The second-order valence-electron chi connectivity index (χ2n) is 3.53. The van der Waals surface area contributed by atoms with Gasteiger partial charge in [-0.25, -0.2) is 0 Å². The first-order valence-corrected chi connectivity index (χ1v) is 5.08. The molecule has 0 aliphatic rings. The topological polar surface area (TPSA) is 17.1 Å². The molecule has 0 atom stereocenters. The van der Waals surface area contributed by atoms with E-state index in [-0.39, 0.29) is 5.78 Å². The predicted octanol–water partition coefficient (Wildman–Crippen LogP) is 3.10. The second-order valence-corrected chi connectivity index (χ2v) is 3.53. The van der Waals surface area contributed by atoms with Crippen LogP contribution in [-0.4, -0.2) is 5.78 Å². The monoisotopic (exact) mass is 200 g/mol. The molecule has 1 aromatic carbocycles. The number of allylic oxidation sites excluding steroid dienone is 3. The zero-order valence-corrected chi connectivity index (χ0v) is 9.07. The molecule has 0 aliphatic heterocycles. The second kappa shape index (κ2) is 5.97. The minimum Gasteiger partial charge on any atom is -0.295 e. The molecule has 0 amide bonds. The van der Waals surface area contributed by atoms with Crippen molar-refractivity contribution in [2.45, 2.75) is 19.8 Å². The molecule has 0 heterocycles. The Morgan fingerprint density at radius 1 is 1.20 bits per heavy atom. The minimum absolute atomic E-state index is 0.0956. The van der Waals surface area contributed by atoms with Crippen molar-refractivity contribution in [1.29, 1.82) is 0 Å². The molecule has 78 valence electrons. The van der Waals surface area contributed by atoms with Gasteiger partial charge in [-0.05, 0) is 37.0 Å². The van der Waals surface area contributed by atoms with E-state index in [2.05, 4.69) is 30.8 Å². The highest BCUT2D eigenvalue weighted by molar-refractivity contribution is 5.87. The van der Waals surface area contributed by atoms with Gasteiger partial charge in [-0.2, -0.15) is 0 Å². The fraction of sp³-hybridized carbons (Fsp3) is 0.214. The van der Waals surface area contributed by atoms with E-state index in [1.54, 1.807) is 13.0 Å². The van der Waals surface area contributed by atoms with Gasteiger partial charge in [0.05, 0.1) is 0 Å². The van der Waals surface area contributed by atoms with E-state index in [9.17, 15) is 4.79 Å². The van der Waals surface area contributed by atoms with E-state index in [1.165, 1.54) is 11.1 Å². The molecule has 0 N–H and O–H groups in total. The van der Waals surface area contributed by atoms with Gasteiger partial charge in [0.25, 0.3) is 0 Å². The van der Waals surface area contributed by atoms with Crippen LogP contribution in [0.25, 0.3) is 0 Å². The lowest BCUT2D eigenvalue weighted by Crippen LogP contribution is -1.86. The Morgan fingerprint density at radius 2 is 1.73 bits per heavy atom. The summed E-state index contributed by atoms with van der Waals surface area (Å²) in [6.07, 6.45) is 7.12. The van der Waals surface area contributed by atoms with Crippen LogP contribution in [0.15, 0.2) is 49.1 Å². The Hall–Kier alpha value is -1.63. The van der Waals surface area contributed by atoms with Crippen molar-refractivity contribution >= 4 is 5.78 Å². The number of carbonyl (C=O) groups is 1. The largest absolute Gasteiger partial charge is 0.295 e. The molecule has 15 heavy (non-hydrogen) atoms. The van der Waals surface area contributed by atoms with E-state index in [0.717, 1.165) is 12.8 Å². The highest BCUT2D eigenvalue weighted by Gasteiger charge is 1.91. The van der Waals surface area contributed by atoms with Gasteiger partial charge in [0, 0.05) is 0 Å². The molecule has 0 aromatic heterocycles. The van der Waals surface area contributed by atoms with Crippen molar-refractivity contribution in [3.05, 3.63) is 60.2 Å². The molecular formula is C14H16O. The number of carbonyl (C=O) groups excluding carboxylic acids is 1. The first-order chi connectivity index (χ1) is 7.22. The lowest BCUT2D eigenvalue weighted by molar-refractivity contribution is -0.112. The Kier molecular flexibility index (Phi) is 4.55. The van der Waals surface area contributed by atoms with E-state index >= 15 is 0 Å². The van der Waals surface area contributed by atoms with E-state index in [4.69, 9.17) is 0 Å². The van der Waals surface area contributed by atoms with Crippen LogP contribution in [0, 0.1) is 0 Å². The van der Waals surface area contributed by atoms with Crippen molar-refractivity contribution in [2.24, 2.45) is 0 Å². The first kappa shape index (κ1) is 11.4. The first-order valence-electron chi connectivity index (χ1n) is 5.08. The lowest BCUT2D eigenvalue weighted by atomic mass is 10.1. The summed E-state index contributed by atoms with van der Waals surface area (Å²) in [5.74, 6) is 0.0956. The molecule has 1 rings (SSSR count). The summed E-state index contributed by atoms with van der Waals surface area (Å²) >= 11 is 0. The molecule has 0 unspecified atom stereocenters. The lowest BCUT2D eigenvalue weighted by Gasteiger charge is -1.99. The van der Waals surface area contributed by atoms with Gasteiger partial charge in [0.1, 0.15) is 0 Å². The maximum Gasteiger partial charge on any atom is 0.152 e. The molecule has 1 aromatic rings. The Bertz CT molecular complexity index is 357. The molecular weight excluding hydrogens is 184 g/mol. The summed E-state index contributed by atoms with van der Waals surface area (Å²) in [5, 5.41) is 0. The van der Waals surface area contributed by atoms with Crippen LogP contribution in [0.5, 0.6) is 0 Å². The van der Waals surface area contributed by atoms with Crippen molar-refractivity contribution in [2.75, 3.05) is 0 Å². The van der Waals surface area contributed by atoms with Gasteiger partial charge >= 0.3 is 0 Å². The summed E-state index contributed by atoms with van der Waals surface area (Å²) in [6, 6.07) is 8.36. The third-order valence-electron chi connectivity index (χ3n) is 2.11. The third kappa shape index (κ3) is 4.41. The Balaban J connectivity index is 2.56. The molecule has 0 aliphatic carbocycles. The van der Waals surface area contributed by atoms with Gasteiger partial charge in [-0.1, -0.05) is 36.4 Å². The summed E-state index contributed by atoms with van der Waals surface area (Å²) in [4.78, 5) is 10.7. The van der Waals surface area contributed by atoms with E-state index in [0.29, 0.717) is 0 Å². The quantitative estimate of drug-likeness (QED) is 0.527. The predicted molar refractivity (Wildman–Crippen MR) is 63.9 cm³/mol. The molecule has 1 nitrogen and oxygen atoms in total. The molecule has 0 bridgehead atoms. The summed E-state index contributed by atoms with van der Waals surface area (Å²) < 4.78 is 0. The summed E-state index contributed by atoms with van der Waals surface area (Å²) in [5.41, 5.74) is 2.49. The van der Waals surface area contributed by atoms with Crippen LogP contribution in [0.3, 0.4) is 0 Å². The van der Waals surface area contributed by atoms with Crippen LogP contribution in [0.4, 0.5) is 0 Å². The number of benzene rings is 1. The van der Waals surface area contributed by atoms with Gasteiger partial charge in [0.2, 0.25) is 0 Å². The highest BCUT2D eigenvalue weighted by Crippen LogP contribution is 2.06. The summed E-state index contributed by atoms with van der Waals surface area (Å²) in [7, 11) is 0. The highest BCUT2D eigenvalue weighted by atomic mass is 16.1. The van der Waals surface area contributed by atoms with Gasteiger partial charge < -0.3 is 0 Å². The van der Waals surface area contributed by atoms with E-state index in [1.807, 2.05) is 12.2 Å². The van der Waals surface area contributed by atoms with Crippen LogP contribution >= 0.6 is 0 Å². The van der Waals surface area contributed by atoms with Crippen molar-refractivity contribution in [1.82, 2.24) is 0 Å². The molecule has 1 heteroatoms. The average Bonchev–Trinajstić information content (AvgIpc) is 2.20.